The van der Waals surface area contributed by atoms with E-state index in [1.165, 1.54) is 24.3 Å². The van der Waals surface area contributed by atoms with E-state index in [4.69, 9.17) is 0 Å². The lowest BCUT2D eigenvalue weighted by Crippen LogP contribution is -2.12. The molecule has 0 unspecified atom stereocenters. The van der Waals surface area contributed by atoms with E-state index in [2.05, 4.69) is 15.3 Å². The maximum absolute atomic E-state index is 12.8. The van der Waals surface area contributed by atoms with Crippen LogP contribution in [0.1, 0.15) is 10.4 Å². The topological polar surface area (TPSA) is 77.8 Å². The summed E-state index contributed by atoms with van der Waals surface area (Å²) >= 11 is 0. The molecule has 0 fully saturated rings. The molecule has 1 amide bonds. The van der Waals surface area contributed by atoms with Gasteiger partial charge in [0.15, 0.2) is 0 Å². The lowest BCUT2D eigenvalue weighted by molar-refractivity contribution is 0.102. The molecule has 1 heterocycles. The summed E-state index contributed by atoms with van der Waals surface area (Å²) in [7, 11) is 0. The number of nitrogens with one attached hydrogen (secondary N) is 3. The van der Waals surface area contributed by atoms with Crippen molar-refractivity contribution in [2.45, 2.75) is 0 Å². The summed E-state index contributed by atoms with van der Waals surface area (Å²) < 4.78 is 12.8. The number of H-pyrrole nitrogens is 2. The molecule has 3 aromatic rings. The smallest absolute Gasteiger partial charge is 0.322 e. The molecular formula is C14H10FN3O2. The molecule has 100 valence electrons. The Hall–Kier alpha value is -2.89. The standard InChI is InChI=1S/C14H10FN3O2/c15-8-4-6-9(7-5-8)16-13(19)10-2-1-3-11-12(10)18-14(20)17-11/h1-7H,(H,16,19)(H2,17,18,20). The van der Waals surface area contributed by atoms with Gasteiger partial charge in [-0.2, -0.15) is 0 Å². The number of hydrogen-bond acceptors (Lipinski definition) is 2. The molecular weight excluding hydrogens is 261 g/mol. The summed E-state index contributed by atoms with van der Waals surface area (Å²) in [5.41, 5.74) is 1.44. The highest BCUT2D eigenvalue weighted by Crippen LogP contribution is 2.16. The minimum Gasteiger partial charge on any atom is -0.322 e. The summed E-state index contributed by atoms with van der Waals surface area (Å²) in [6, 6.07) is 10.4. The van der Waals surface area contributed by atoms with Crippen molar-refractivity contribution in [1.29, 1.82) is 0 Å². The molecule has 20 heavy (non-hydrogen) atoms. The van der Waals surface area contributed by atoms with Crippen molar-refractivity contribution in [3.8, 4) is 0 Å². The summed E-state index contributed by atoms with van der Waals surface area (Å²) in [6.07, 6.45) is 0. The number of halogens is 1. The van der Waals surface area contributed by atoms with E-state index in [1.807, 2.05) is 0 Å². The first-order valence-electron chi connectivity index (χ1n) is 5.91. The van der Waals surface area contributed by atoms with E-state index in [0.29, 0.717) is 22.3 Å². The molecule has 3 N–H and O–H groups in total. The lowest BCUT2D eigenvalue weighted by Gasteiger charge is -2.05. The van der Waals surface area contributed by atoms with Crippen molar-refractivity contribution in [2.24, 2.45) is 0 Å². The van der Waals surface area contributed by atoms with Gasteiger partial charge in [-0.3, -0.25) is 4.79 Å². The highest BCUT2D eigenvalue weighted by atomic mass is 19.1. The molecule has 0 aliphatic heterocycles. The number of aromatic amines is 2. The number of imidazole rings is 1. The number of anilines is 1. The van der Waals surface area contributed by atoms with Crippen LogP contribution in [0.25, 0.3) is 11.0 Å². The number of aromatic nitrogens is 2. The average Bonchev–Trinajstić information content (AvgIpc) is 2.81. The third kappa shape index (κ3) is 2.18. The van der Waals surface area contributed by atoms with Gasteiger partial charge in [0.2, 0.25) is 0 Å². The van der Waals surface area contributed by atoms with Gasteiger partial charge in [0.25, 0.3) is 5.91 Å². The molecule has 1 aromatic heterocycles. The zero-order valence-electron chi connectivity index (χ0n) is 10.2. The molecule has 0 aliphatic rings. The first-order chi connectivity index (χ1) is 9.63. The van der Waals surface area contributed by atoms with Crippen molar-refractivity contribution in [3.05, 3.63) is 64.3 Å². The second-order valence-electron chi connectivity index (χ2n) is 4.27. The Morgan fingerprint density at radius 1 is 1.05 bits per heavy atom. The van der Waals surface area contributed by atoms with Gasteiger partial charge in [0.05, 0.1) is 16.6 Å². The number of benzene rings is 2. The van der Waals surface area contributed by atoms with E-state index in [0.717, 1.165) is 0 Å². The van der Waals surface area contributed by atoms with Gasteiger partial charge in [-0.1, -0.05) is 6.07 Å². The molecule has 0 saturated heterocycles. The quantitative estimate of drug-likeness (QED) is 0.668. The van der Waals surface area contributed by atoms with Crippen LogP contribution in [-0.2, 0) is 0 Å². The summed E-state index contributed by atoms with van der Waals surface area (Å²) in [5, 5.41) is 2.65. The fourth-order valence-electron chi connectivity index (χ4n) is 1.98. The van der Waals surface area contributed by atoms with E-state index in [1.54, 1.807) is 18.2 Å². The molecule has 0 bridgehead atoms. The molecule has 0 radical (unpaired) electrons. The Bertz CT molecular complexity index is 833. The van der Waals surface area contributed by atoms with E-state index >= 15 is 0 Å². The number of carbonyl (C=O) groups excluding carboxylic acids is 1. The summed E-state index contributed by atoms with van der Waals surface area (Å²) in [5.74, 6) is -0.752. The number of carbonyl (C=O) groups is 1. The predicted molar refractivity (Wildman–Crippen MR) is 73.3 cm³/mol. The van der Waals surface area contributed by atoms with Gasteiger partial charge in [-0.15, -0.1) is 0 Å². The first-order valence-corrected chi connectivity index (χ1v) is 5.91. The Morgan fingerprint density at radius 2 is 1.80 bits per heavy atom. The number of amides is 1. The summed E-state index contributed by atoms with van der Waals surface area (Å²) in [4.78, 5) is 28.6. The van der Waals surface area contributed by atoms with Crippen LogP contribution in [0.2, 0.25) is 0 Å². The van der Waals surface area contributed by atoms with Crippen LogP contribution in [0, 0.1) is 5.82 Å². The Balaban J connectivity index is 1.96. The normalized spacial score (nSPS) is 10.7. The molecule has 3 rings (SSSR count). The van der Waals surface area contributed by atoms with Crippen molar-refractivity contribution in [1.82, 2.24) is 9.97 Å². The average molecular weight is 271 g/mol. The molecule has 0 aliphatic carbocycles. The third-order valence-corrected chi connectivity index (χ3v) is 2.90. The van der Waals surface area contributed by atoms with Gasteiger partial charge in [-0.25, -0.2) is 9.18 Å². The van der Waals surface area contributed by atoms with Crippen LogP contribution in [-0.4, -0.2) is 15.9 Å². The van der Waals surface area contributed by atoms with Crippen LogP contribution in [0.5, 0.6) is 0 Å². The van der Waals surface area contributed by atoms with Crippen molar-refractivity contribution in [2.75, 3.05) is 5.32 Å². The van der Waals surface area contributed by atoms with Gasteiger partial charge in [0, 0.05) is 5.69 Å². The van der Waals surface area contributed by atoms with Crippen molar-refractivity contribution in [3.63, 3.8) is 0 Å². The molecule has 0 spiro atoms. The first kappa shape index (κ1) is 12.2. The van der Waals surface area contributed by atoms with E-state index < -0.39 is 0 Å². The number of hydrogen-bond donors (Lipinski definition) is 3. The highest BCUT2D eigenvalue weighted by molar-refractivity contribution is 6.11. The fourth-order valence-corrected chi connectivity index (χ4v) is 1.98. The third-order valence-electron chi connectivity index (χ3n) is 2.90. The maximum Gasteiger partial charge on any atom is 0.323 e. The second kappa shape index (κ2) is 4.65. The predicted octanol–water partition coefficient (Wildman–Crippen LogP) is 2.25. The lowest BCUT2D eigenvalue weighted by atomic mass is 10.1. The van der Waals surface area contributed by atoms with Crippen LogP contribution in [0.3, 0.4) is 0 Å². The monoisotopic (exact) mass is 271 g/mol. The zero-order valence-corrected chi connectivity index (χ0v) is 10.2. The molecule has 2 aromatic carbocycles. The van der Waals surface area contributed by atoms with Crippen LogP contribution >= 0.6 is 0 Å². The molecule has 5 nitrogen and oxygen atoms in total. The largest absolute Gasteiger partial charge is 0.323 e. The van der Waals surface area contributed by atoms with Crippen molar-refractivity contribution < 1.29 is 9.18 Å². The van der Waals surface area contributed by atoms with Gasteiger partial charge in [0.1, 0.15) is 5.82 Å². The highest BCUT2D eigenvalue weighted by Gasteiger charge is 2.12. The van der Waals surface area contributed by atoms with E-state index in [-0.39, 0.29) is 17.4 Å². The minimum absolute atomic E-state index is 0.338. The summed E-state index contributed by atoms with van der Waals surface area (Å²) in [6.45, 7) is 0. The van der Waals surface area contributed by atoms with Gasteiger partial charge >= 0.3 is 5.69 Å². The van der Waals surface area contributed by atoms with Crippen LogP contribution in [0.15, 0.2) is 47.3 Å². The van der Waals surface area contributed by atoms with Gasteiger partial charge < -0.3 is 15.3 Å². The fraction of sp³-hybridized carbons (Fsp3) is 0. The van der Waals surface area contributed by atoms with Crippen LogP contribution in [0.4, 0.5) is 10.1 Å². The molecule has 0 atom stereocenters. The Kier molecular flexibility index (Phi) is 2.83. The minimum atomic E-state index is -0.377. The number of fused-ring (bicyclic) bond motifs is 1. The zero-order chi connectivity index (χ0) is 14.1. The van der Waals surface area contributed by atoms with Gasteiger partial charge in [-0.05, 0) is 36.4 Å². The maximum atomic E-state index is 12.8. The number of rotatable bonds is 2. The molecule has 6 heteroatoms. The Labute approximate surface area is 112 Å². The van der Waals surface area contributed by atoms with Crippen LogP contribution < -0.4 is 11.0 Å². The Morgan fingerprint density at radius 3 is 2.55 bits per heavy atom. The SMILES string of the molecule is O=C(Nc1ccc(F)cc1)c1cccc2[nH]c(=O)[nH]c12. The van der Waals surface area contributed by atoms with Crippen molar-refractivity contribution >= 4 is 22.6 Å². The molecule has 0 saturated carbocycles. The second-order valence-corrected chi connectivity index (χ2v) is 4.27. The van der Waals surface area contributed by atoms with E-state index in [9.17, 15) is 14.0 Å². The number of para-hydroxylation sites is 1.